The molecule has 2 unspecified atom stereocenters. The maximum Gasteiger partial charge on any atom is 0.325 e. The second-order valence-corrected chi connectivity index (χ2v) is 6.24. The van der Waals surface area contributed by atoms with Crippen LogP contribution < -0.4 is 5.73 Å². The zero-order valence-corrected chi connectivity index (χ0v) is 13.5. The van der Waals surface area contributed by atoms with Gasteiger partial charge >= 0.3 is 5.97 Å². The van der Waals surface area contributed by atoms with Gasteiger partial charge < -0.3 is 15.4 Å². The molecule has 2 N–H and O–H groups in total. The van der Waals surface area contributed by atoms with E-state index in [4.69, 9.17) is 10.5 Å². The lowest BCUT2D eigenvalue weighted by Gasteiger charge is -2.29. The van der Waals surface area contributed by atoms with Crippen LogP contribution in [0.4, 0.5) is 0 Å². The van der Waals surface area contributed by atoms with E-state index in [0.717, 1.165) is 32.6 Å². The average molecular weight is 285 g/mol. The van der Waals surface area contributed by atoms with E-state index in [1.54, 1.807) is 6.92 Å². The van der Waals surface area contributed by atoms with E-state index < -0.39 is 5.54 Å². The SMILES string of the molecule is CCOC(=O)C(C)(N)CCCN1CCCN(C)CC1C. The number of nitrogens with zero attached hydrogens (tertiary/aromatic N) is 2. The predicted molar refractivity (Wildman–Crippen MR) is 81.6 cm³/mol. The van der Waals surface area contributed by atoms with Crippen LogP contribution in [0.1, 0.15) is 40.0 Å². The Morgan fingerprint density at radius 2 is 2.15 bits per heavy atom. The van der Waals surface area contributed by atoms with Crippen LogP contribution in [-0.2, 0) is 9.53 Å². The summed E-state index contributed by atoms with van der Waals surface area (Å²) in [5.74, 6) is -0.288. The minimum absolute atomic E-state index is 0.288. The highest BCUT2D eigenvalue weighted by Gasteiger charge is 2.30. The summed E-state index contributed by atoms with van der Waals surface area (Å²) in [7, 11) is 2.18. The molecule has 0 bridgehead atoms. The van der Waals surface area contributed by atoms with Crippen molar-refractivity contribution < 1.29 is 9.53 Å². The Morgan fingerprint density at radius 1 is 1.45 bits per heavy atom. The Balaban J connectivity index is 2.37. The fraction of sp³-hybridized carbons (Fsp3) is 0.933. The molecule has 0 radical (unpaired) electrons. The summed E-state index contributed by atoms with van der Waals surface area (Å²) < 4.78 is 5.02. The Morgan fingerprint density at radius 3 is 2.80 bits per heavy atom. The number of nitrogens with two attached hydrogens (primary N) is 1. The van der Waals surface area contributed by atoms with E-state index in [1.165, 1.54) is 6.42 Å². The quantitative estimate of drug-likeness (QED) is 0.740. The Kier molecular flexibility index (Phi) is 6.92. The van der Waals surface area contributed by atoms with Crippen LogP contribution >= 0.6 is 0 Å². The molecule has 1 saturated heterocycles. The summed E-state index contributed by atoms with van der Waals surface area (Å²) in [5, 5.41) is 0. The first-order valence-electron chi connectivity index (χ1n) is 7.75. The zero-order chi connectivity index (χ0) is 15.2. The molecule has 1 aliphatic rings. The molecule has 5 heteroatoms. The van der Waals surface area contributed by atoms with Crippen molar-refractivity contribution in [2.75, 3.05) is 39.8 Å². The van der Waals surface area contributed by atoms with Crippen molar-refractivity contribution in [3.05, 3.63) is 0 Å². The molecular formula is C15H31N3O2. The number of carbonyl (C=O) groups is 1. The molecule has 1 heterocycles. The van der Waals surface area contributed by atoms with Crippen molar-refractivity contribution in [1.82, 2.24) is 9.80 Å². The van der Waals surface area contributed by atoms with Gasteiger partial charge in [-0.25, -0.2) is 0 Å². The van der Waals surface area contributed by atoms with Crippen molar-refractivity contribution in [2.45, 2.75) is 51.6 Å². The van der Waals surface area contributed by atoms with E-state index in [0.29, 0.717) is 19.1 Å². The molecule has 20 heavy (non-hydrogen) atoms. The fourth-order valence-electron chi connectivity index (χ4n) is 2.80. The molecular weight excluding hydrogens is 254 g/mol. The summed E-state index contributed by atoms with van der Waals surface area (Å²) in [4.78, 5) is 16.6. The lowest BCUT2D eigenvalue weighted by molar-refractivity contribution is -0.149. The number of likely N-dealkylation sites (N-methyl/N-ethyl adjacent to an activating group) is 1. The summed E-state index contributed by atoms with van der Waals surface area (Å²) in [5.41, 5.74) is 5.19. The van der Waals surface area contributed by atoms with E-state index in [9.17, 15) is 4.79 Å². The zero-order valence-electron chi connectivity index (χ0n) is 13.5. The second kappa shape index (κ2) is 7.96. The van der Waals surface area contributed by atoms with E-state index in [2.05, 4.69) is 23.8 Å². The second-order valence-electron chi connectivity index (χ2n) is 6.24. The molecule has 0 aromatic rings. The number of hydrogen-bond acceptors (Lipinski definition) is 5. The molecule has 0 aromatic carbocycles. The van der Waals surface area contributed by atoms with Crippen molar-refractivity contribution in [2.24, 2.45) is 5.73 Å². The first-order valence-corrected chi connectivity index (χ1v) is 7.75. The minimum atomic E-state index is -0.859. The van der Waals surface area contributed by atoms with Crippen LogP contribution in [0.5, 0.6) is 0 Å². The Labute approximate surface area is 123 Å². The lowest BCUT2D eigenvalue weighted by atomic mass is 9.97. The fourth-order valence-corrected chi connectivity index (χ4v) is 2.80. The Hall–Kier alpha value is -0.650. The third-order valence-corrected chi connectivity index (χ3v) is 4.07. The van der Waals surface area contributed by atoms with Gasteiger partial charge in [-0.15, -0.1) is 0 Å². The number of rotatable bonds is 6. The normalized spacial score (nSPS) is 24.9. The number of ether oxygens (including phenoxy) is 1. The molecule has 0 aliphatic carbocycles. The van der Waals surface area contributed by atoms with Gasteiger partial charge in [0.05, 0.1) is 6.61 Å². The van der Waals surface area contributed by atoms with E-state index >= 15 is 0 Å². The van der Waals surface area contributed by atoms with Gasteiger partial charge in [0.15, 0.2) is 0 Å². The predicted octanol–water partition coefficient (Wildman–Crippen LogP) is 1.07. The molecule has 2 atom stereocenters. The van der Waals surface area contributed by atoms with E-state index in [-0.39, 0.29) is 5.97 Å². The molecule has 118 valence electrons. The molecule has 1 rings (SSSR count). The first-order chi connectivity index (χ1) is 9.36. The number of carbonyl (C=O) groups excluding carboxylic acids is 1. The van der Waals surface area contributed by atoms with Crippen molar-refractivity contribution >= 4 is 5.97 Å². The monoisotopic (exact) mass is 285 g/mol. The minimum Gasteiger partial charge on any atom is -0.465 e. The van der Waals surface area contributed by atoms with Crippen molar-refractivity contribution in [3.63, 3.8) is 0 Å². The van der Waals surface area contributed by atoms with Crippen LogP contribution in [0.25, 0.3) is 0 Å². The maximum atomic E-state index is 11.7. The van der Waals surface area contributed by atoms with E-state index in [1.807, 2.05) is 6.92 Å². The van der Waals surface area contributed by atoms with Gasteiger partial charge in [0.2, 0.25) is 0 Å². The summed E-state index contributed by atoms with van der Waals surface area (Å²) in [6.45, 7) is 10.6. The smallest absolute Gasteiger partial charge is 0.325 e. The van der Waals surface area contributed by atoms with Gasteiger partial charge in [0.25, 0.3) is 0 Å². The molecule has 5 nitrogen and oxygen atoms in total. The van der Waals surface area contributed by atoms with Crippen LogP contribution in [0, 0.1) is 0 Å². The molecule has 1 fully saturated rings. The Bertz CT molecular complexity index is 307. The third kappa shape index (κ3) is 5.38. The highest BCUT2D eigenvalue weighted by molar-refractivity contribution is 5.79. The molecule has 0 spiro atoms. The highest BCUT2D eigenvalue weighted by Crippen LogP contribution is 2.14. The van der Waals surface area contributed by atoms with Gasteiger partial charge in [0, 0.05) is 12.6 Å². The van der Waals surface area contributed by atoms with Crippen LogP contribution in [-0.4, -0.2) is 67.2 Å². The lowest BCUT2D eigenvalue weighted by Crippen LogP contribution is -2.47. The number of esters is 1. The highest BCUT2D eigenvalue weighted by atomic mass is 16.5. The summed E-state index contributed by atoms with van der Waals surface area (Å²) in [6, 6.07) is 0.564. The average Bonchev–Trinajstić information content (AvgIpc) is 2.51. The maximum absolute atomic E-state index is 11.7. The largest absolute Gasteiger partial charge is 0.465 e. The molecule has 1 aliphatic heterocycles. The standard InChI is InChI=1S/C15H31N3O2/c1-5-20-14(19)15(3,16)8-6-10-18-11-7-9-17(4)12-13(18)2/h13H,5-12,16H2,1-4H3. The summed E-state index contributed by atoms with van der Waals surface area (Å²) >= 11 is 0. The molecule has 0 aromatic heterocycles. The number of hydrogen-bond donors (Lipinski definition) is 1. The van der Waals surface area contributed by atoms with Crippen molar-refractivity contribution in [1.29, 1.82) is 0 Å². The van der Waals surface area contributed by atoms with Crippen LogP contribution in [0.3, 0.4) is 0 Å². The first kappa shape index (κ1) is 17.4. The van der Waals surface area contributed by atoms with Gasteiger partial charge in [-0.2, -0.15) is 0 Å². The molecule has 0 amide bonds. The molecule has 0 saturated carbocycles. The van der Waals surface area contributed by atoms with Gasteiger partial charge in [0.1, 0.15) is 5.54 Å². The summed E-state index contributed by atoms with van der Waals surface area (Å²) in [6.07, 6.45) is 2.81. The van der Waals surface area contributed by atoms with Gasteiger partial charge in [-0.05, 0) is 66.7 Å². The topological polar surface area (TPSA) is 58.8 Å². The third-order valence-electron chi connectivity index (χ3n) is 4.07. The van der Waals surface area contributed by atoms with Gasteiger partial charge in [-0.3, -0.25) is 9.69 Å². The van der Waals surface area contributed by atoms with Crippen LogP contribution in [0.15, 0.2) is 0 Å². The van der Waals surface area contributed by atoms with Gasteiger partial charge in [-0.1, -0.05) is 0 Å². The van der Waals surface area contributed by atoms with Crippen LogP contribution in [0.2, 0.25) is 0 Å². The van der Waals surface area contributed by atoms with Crippen molar-refractivity contribution in [3.8, 4) is 0 Å².